The predicted molar refractivity (Wildman–Crippen MR) is 80.1 cm³/mol. The molecule has 2 rings (SSSR count). The molecule has 1 fully saturated rings. The lowest BCUT2D eigenvalue weighted by Crippen LogP contribution is -2.57. The fourth-order valence-corrected chi connectivity index (χ4v) is 2.44. The molecule has 2 atom stereocenters. The number of amides is 3. The maximum atomic E-state index is 11.9. The Labute approximate surface area is 129 Å². The molecule has 0 spiro atoms. The average Bonchev–Trinajstić information content (AvgIpc) is 2.54. The van der Waals surface area contributed by atoms with Crippen molar-refractivity contribution in [1.29, 1.82) is 0 Å². The summed E-state index contributed by atoms with van der Waals surface area (Å²) in [6.45, 7) is 1.05. The monoisotopic (exact) mass is 307 g/mol. The zero-order valence-electron chi connectivity index (χ0n) is 12.5. The molecule has 7 heteroatoms. The third-order valence-electron chi connectivity index (χ3n) is 3.69. The van der Waals surface area contributed by atoms with E-state index in [9.17, 15) is 9.59 Å². The van der Waals surface area contributed by atoms with E-state index >= 15 is 0 Å². The molecule has 1 saturated heterocycles. The topological polar surface area (TPSA) is 93.9 Å². The number of hydrogen-bond acceptors (Lipinski definition) is 4. The van der Waals surface area contributed by atoms with Gasteiger partial charge in [0.1, 0.15) is 6.61 Å². The first-order chi connectivity index (χ1) is 10.6. The SMILES string of the molecule is COC1CN(C(N)=O)CCC1NC(=O)OCc1ccccc1. The van der Waals surface area contributed by atoms with E-state index in [0.717, 1.165) is 5.56 Å². The Morgan fingerprint density at radius 2 is 2.09 bits per heavy atom. The molecule has 0 aromatic heterocycles. The van der Waals surface area contributed by atoms with Gasteiger partial charge < -0.3 is 25.4 Å². The van der Waals surface area contributed by atoms with Crippen molar-refractivity contribution in [2.45, 2.75) is 25.2 Å². The first-order valence-electron chi connectivity index (χ1n) is 7.14. The number of ether oxygens (including phenoxy) is 2. The molecule has 0 radical (unpaired) electrons. The van der Waals surface area contributed by atoms with Crippen LogP contribution in [-0.4, -0.2) is 49.4 Å². The van der Waals surface area contributed by atoms with Crippen molar-refractivity contribution in [3.8, 4) is 0 Å². The molecule has 3 N–H and O–H groups in total. The van der Waals surface area contributed by atoms with Gasteiger partial charge in [-0.15, -0.1) is 0 Å². The van der Waals surface area contributed by atoms with Crippen molar-refractivity contribution < 1.29 is 19.1 Å². The second-order valence-corrected chi connectivity index (χ2v) is 5.16. The van der Waals surface area contributed by atoms with E-state index in [0.29, 0.717) is 19.5 Å². The second kappa shape index (κ2) is 7.65. The van der Waals surface area contributed by atoms with Gasteiger partial charge in [-0.1, -0.05) is 30.3 Å². The lowest BCUT2D eigenvalue weighted by molar-refractivity contribution is 0.0173. The molecule has 0 bridgehead atoms. The fraction of sp³-hybridized carbons (Fsp3) is 0.467. The molecule has 1 aliphatic heterocycles. The van der Waals surface area contributed by atoms with Crippen molar-refractivity contribution in [1.82, 2.24) is 10.2 Å². The minimum absolute atomic E-state index is 0.205. The zero-order valence-corrected chi connectivity index (χ0v) is 12.5. The van der Waals surface area contributed by atoms with Gasteiger partial charge in [-0.3, -0.25) is 0 Å². The number of methoxy groups -OCH3 is 1. The minimum Gasteiger partial charge on any atom is -0.445 e. The molecule has 7 nitrogen and oxygen atoms in total. The van der Waals surface area contributed by atoms with Crippen LogP contribution >= 0.6 is 0 Å². The van der Waals surface area contributed by atoms with Gasteiger partial charge in [0, 0.05) is 13.7 Å². The Morgan fingerprint density at radius 1 is 1.36 bits per heavy atom. The van der Waals surface area contributed by atoms with Gasteiger partial charge in [0.15, 0.2) is 0 Å². The molecular weight excluding hydrogens is 286 g/mol. The number of carbonyl (C=O) groups excluding carboxylic acids is 2. The van der Waals surface area contributed by atoms with Crippen molar-refractivity contribution >= 4 is 12.1 Å². The smallest absolute Gasteiger partial charge is 0.407 e. The van der Waals surface area contributed by atoms with Gasteiger partial charge in [-0.25, -0.2) is 9.59 Å². The van der Waals surface area contributed by atoms with Gasteiger partial charge in [-0.05, 0) is 12.0 Å². The van der Waals surface area contributed by atoms with Crippen LogP contribution in [0.4, 0.5) is 9.59 Å². The number of nitrogens with one attached hydrogen (secondary N) is 1. The Morgan fingerprint density at radius 3 is 2.73 bits per heavy atom. The second-order valence-electron chi connectivity index (χ2n) is 5.16. The number of carbonyl (C=O) groups is 2. The van der Waals surface area contributed by atoms with Crippen molar-refractivity contribution in [3.05, 3.63) is 35.9 Å². The lowest BCUT2D eigenvalue weighted by atomic mass is 10.0. The van der Waals surface area contributed by atoms with E-state index < -0.39 is 12.1 Å². The summed E-state index contributed by atoms with van der Waals surface area (Å²) in [6.07, 6.45) is -0.226. The third-order valence-corrected chi connectivity index (χ3v) is 3.69. The summed E-state index contributed by atoms with van der Waals surface area (Å²) < 4.78 is 10.5. The van der Waals surface area contributed by atoms with Crippen LogP contribution < -0.4 is 11.1 Å². The third kappa shape index (κ3) is 4.36. The van der Waals surface area contributed by atoms with Gasteiger partial charge in [-0.2, -0.15) is 0 Å². The molecule has 1 heterocycles. The zero-order chi connectivity index (χ0) is 15.9. The largest absolute Gasteiger partial charge is 0.445 e. The number of rotatable bonds is 4. The molecule has 3 amide bonds. The van der Waals surface area contributed by atoms with Crippen molar-refractivity contribution in [2.24, 2.45) is 5.73 Å². The Kier molecular flexibility index (Phi) is 5.60. The van der Waals surface area contributed by atoms with Crippen LogP contribution in [0.5, 0.6) is 0 Å². The van der Waals surface area contributed by atoms with E-state index in [2.05, 4.69) is 5.32 Å². The number of urea groups is 1. The Hall–Kier alpha value is -2.28. The molecule has 0 aliphatic carbocycles. The van der Waals surface area contributed by atoms with Gasteiger partial charge in [0.05, 0.1) is 18.7 Å². The highest BCUT2D eigenvalue weighted by Gasteiger charge is 2.32. The van der Waals surface area contributed by atoms with Crippen LogP contribution in [0.1, 0.15) is 12.0 Å². The fourth-order valence-electron chi connectivity index (χ4n) is 2.44. The van der Waals surface area contributed by atoms with E-state index in [-0.39, 0.29) is 18.8 Å². The number of alkyl carbamates (subject to hydrolysis) is 1. The standard InChI is InChI=1S/C15H21N3O4/c1-21-13-9-18(14(16)19)8-7-12(13)17-15(20)22-10-11-5-3-2-4-6-11/h2-6,12-13H,7-10H2,1H3,(H2,16,19)(H,17,20). The normalized spacial score (nSPS) is 21.2. The number of primary amides is 1. The first-order valence-corrected chi connectivity index (χ1v) is 7.14. The number of benzene rings is 1. The van der Waals surface area contributed by atoms with E-state index in [1.807, 2.05) is 30.3 Å². The van der Waals surface area contributed by atoms with Crippen LogP contribution in [0, 0.1) is 0 Å². The number of nitrogens with two attached hydrogens (primary N) is 1. The van der Waals surface area contributed by atoms with Crippen LogP contribution in [0.3, 0.4) is 0 Å². The molecule has 1 aromatic rings. The first kappa shape index (κ1) is 16.1. The van der Waals surface area contributed by atoms with Gasteiger partial charge in [0.2, 0.25) is 0 Å². The molecule has 22 heavy (non-hydrogen) atoms. The maximum absolute atomic E-state index is 11.9. The summed E-state index contributed by atoms with van der Waals surface area (Å²) >= 11 is 0. The molecule has 2 unspecified atom stereocenters. The summed E-state index contributed by atoms with van der Waals surface area (Å²) in [4.78, 5) is 24.6. The van der Waals surface area contributed by atoms with Gasteiger partial charge >= 0.3 is 12.1 Å². The summed E-state index contributed by atoms with van der Waals surface area (Å²) in [5.74, 6) is 0. The number of likely N-dealkylation sites (tertiary alicyclic amines) is 1. The van der Waals surface area contributed by atoms with E-state index in [1.165, 1.54) is 4.90 Å². The number of piperidine rings is 1. The van der Waals surface area contributed by atoms with Crippen molar-refractivity contribution in [2.75, 3.05) is 20.2 Å². The summed E-state index contributed by atoms with van der Waals surface area (Å²) in [7, 11) is 1.54. The Balaban J connectivity index is 1.81. The quantitative estimate of drug-likeness (QED) is 0.870. The van der Waals surface area contributed by atoms with Gasteiger partial charge in [0.25, 0.3) is 0 Å². The van der Waals surface area contributed by atoms with Crippen molar-refractivity contribution in [3.63, 3.8) is 0 Å². The van der Waals surface area contributed by atoms with E-state index in [1.54, 1.807) is 7.11 Å². The number of nitrogens with zero attached hydrogens (tertiary/aromatic N) is 1. The highest BCUT2D eigenvalue weighted by atomic mass is 16.5. The average molecular weight is 307 g/mol. The van der Waals surface area contributed by atoms with Crippen LogP contribution in [0.2, 0.25) is 0 Å². The minimum atomic E-state index is -0.497. The summed E-state index contributed by atoms with van der Waals surface area (Å²) in [5, 5.41) is 2.78. The highest BCUT2D eigenvalue weighted by molar-refractivity contribution is 5.72. The molecule has 1 aliphatic rings. The molecule has 120 valence electrons. The number of hydrogen-bond donors (Lipinski definition) is 2. The summed E-state index contributed by atoms with van der Waals surface area (Å²) in [6, 6.07) is 8.76. The van der Waals surface area contributed by atoms with Crippen LogP contribution in [-0.2, 0) is 16.1 Å². The lowest BCUT2D eigenvalue weighted by Gasteiger charge is -2.36. The van der Waals surface area contributed by atoms with Crippen LogP contribution in [0.25, 0.3) is 0 Å². The molecular formula is C15H21N3O4. The van der Waals surface area contributed by atoms with Crippen LogP contribution in [0.15, 0.2) is 30.3 Å². The highest BCUT2D eigenvalue weighted by Crippen LogP contribution is 2.14. The summed E-state index contributed by atoms with van der Waals surface area (Å²) in [5.41, 5.74) is 6.18. The molecule has 1 aromatic carbocycles. The van der Waals surface area contributed by atoms with E-state index in [4.69, 9.17) is 15.2 Å². The Bertz CT molecular complexity index is 509. The predicted octanol–water partition coefficient (Wildman–Crippen LogP) is 1.08. The maximum Gasteiger partial charge on any atom is 0.407 e. The molecule has 0 saturated carbocycles.